The van der Waals surface area contributed by atoms with Crippen LogP contribution in [0.5, 0.6) is 11.5 Å². The Morgan fingerprint density at radius 1 is 1.16 bits per heavy atom. The topological polar surface area (TPSA) is 62.8 Å². The number of alkyl halides is 5. The maximum absolute atomic E-state index is 14.3. The molecule has 2 fully saturated rings. The molecule has 3 unspecified atom stereocenters. The second kappa shape index (κ2) is 10.3. The minimum Gasteiger partial charge on any atom is -0.493 e. The number of methoxy groups -OCH3 is 1. The maximum Gasteiger partial charge on any atom is 0.419 e. The summed E-state index contributed by atoms with van der Waals surface area (Å²) in [5.41, 5.74) is -1.42. The Hall–Kier alpha value is -3.15. The van der Waals surface area contributed by atoms with Crippen LogP contribution in [0.3, 0.4) is 0 Å². The molecule has 3 atom stereocenters. The van der Waals surface area contributed by atoms with Crippen molar-refractivity contribution in [2.45, 2.75) is 56.0 Å². The molecular weight excluding hydrogens is 504 g/mol. The van der Waals surface area contributed by atoms with Gasteiger partial charge in [-0.25, -0.2) is 9.18 Å². The fraction of sp³-hybridized carbons (Fsp3) is 0.480. The van der Waals surface area contributed by atoms with Crippen molar-refractivity contribution in [1.29, 1.82) is 0 Å². The van der Waals surface area contributed by atoms with Crippen molar-refractivity contribution >= 4 is 11.7 Å². The molecule has 0 aromatic heterocycles. The lowest BCUT2D eigenvalue weighted by atomic mass is 9.65. The van der Waals surface area contributed by atoms with Crippen LogP contribution in [0.2, 0.25) is 0 Å². The fourth-order valence-electron chi connectivity index (χ4n) is 5.61. The number of fused-ring (bicyclic) bond motifs is 1. The van der Waals surface area contributed by atoms with E-state index in [9.17, 15) is 31.1 Å². The Balaban J connectivity index is 1.48. The van der Waals surface area contributed by atoms with Crippen LogP contribution in [-0.4, -0.2) is 50.3 Å². The number of carbonyl (C=O) groups excluding carboxylic acids is 1. The van der Waals surface area contributed by atoms with Crippen LogP contribution in [0.1, 0.15) is 36.8 Å². The normalized spacial score (nSPS) is 24.0. The van der Waals surface area contributed by atoms with E-state index in [0.717, 1.165) is 30.7 Å². The van der Waals surface area contributed by atoms with E-state index < -0.39 is 35.9 Å². The van der Waals surface area contributed by atoms with E-state index >= 15 is 0 Å². The van der Waals surface area contributed by atoms with Gasteiger partial charge in [0.05, 0.1) is 18.4 Å². The van der Waals surface area contributed by atoms with Gasteiger partial charge in [0.2, 0.25) is 0 Å². The lowest BCUT2D eigenvalue weighted by Gasteiger charge is -2.45. The summed E-state index contributed by atoms with van der Waals surface area (Å²) in [5, 5.41) is 4.94. The van der Waals surface area contributed by atoms with Crippen LogP contribution >= 0.6 is 0 Å². The highest BCUT2D eigenvalue weighted by molar-refractivity contribution is 5.89. The van der Waals surface area contributed by atoms with Crippen LogP contribution in [0, 0.1) is 5.82 Å². The highest BCUT2D eigenvalue weighted by Gasteiger charge is 2.50. The second-order valence-electron chi connectivity index (χ2n) is 9.38. The van der Waals surface area contributed by atoms with Crippen molar-refractivity contribution < 1.29 is 40.6 Å². The zero-order chi connectivity index (χ0) is 27.0. The number of amides is 2. The molecule has 1 heterocycles. The molecule has 2 N–H and O–H groups in total. The molecule has 0 spiro atoms. The second-order valence-corrected chi connectivity index (χ2v) is 9.38. The number of nitrogens with one attached hydrogen (secondary N) is 2. The monoisotopic (exact) mass is 531 g/mol. The van der Waals surface area contributed by atoms with Crippen molar-refractivity contribution in [1.82, 2.24) is 10.2 Å². The van der Waals surface area contributed by atoms with E-state index in [1.807, 2.05) is 7.05 Å². The van der Waals surface area contributed by atoms with Crippen LogP contribution in [0.4, 0.5) is 36.8 Å². The standard InChI is InChI=1S/C25H27F6N3O3/c1-34-11-10-24(14-6-7-18(37-22(27)28)19(12-14)36-2)9-8-15(13-20(24)34)32-23(35)33-17-5-3-4-16(21(17)26)25(29,30)31/h3-7,12,15,20,22H,8-11,13H2,1-2H3,(H2,32,33,35). The number of hydrogen-bond acceptors (Lipinski definition) is 4. The Morgan fingerprint density at radius 2 is 1.92 bits per heavy atom. The Labute approximate surface area is 209 Å². The average molecular weight is 531 g/mol. The molecule has 1 aliphatic heterocycles. The zero-order valence-corrected chi connectivity index (χ0v) is 20.2. The van der Waals surface area contributed by atoms with Gasteiger partial charge in [0.1, 0.15) is 0 Å². The van der Waals surface area contributed by atoms with Gasteiger partial charge >= 0.3 is 18.8 Å². The number of likely N-dealkylation sites (tertiary alicyclic amines) is 1. The molecule has 2 aliphatic rings. The van der Waals surface area contributed by atoms with Gasteiger partial charge in [-0.15, -0.1) is 0 Å². The summed E-state index contributed by atoms with van der Waals surface area (Å²) in [6, 6.07) is 6.50. The fourth-order valence-corrected chi connectivity index (χ4v) is 5.61. The van der Waals surface area contributed by atoms with Crippen molar-refractivity contribution in [3.05, 3.63) is 53.3 Å². The number of rotatable bonds is 6. The molecule has 1 saturated heterocycles. The summed E-state index contributed by atoms with van der Waals surface area (Å²) in [4.78, 5) is 14.7. The van der Waals surface area contributed by atoms with Crippen molar-refractivity contribution in [3.63, 3.8) is 0 Å². The van der Waals surface area contributed by atoms with Crippen molar-refractivity contribution in [2.24, 2.45) is 0 Å². The largest absolute Gasteiger partial charge is 0.493 e. The van der Waals surface area contributed by atoms with Gasteiger partial charge in [-0.3, -0.25) is 0 Å². The molecule has 12 heteroatoms. The first kappa shape index (κ1) is 26.9. The molecule has 6 nitrogen and oxygen atoms in total. The summed E-state index contributed by atoms with van der Waals surface area (Å²) in [6.45, 7) is -2.21. The highest BCUT2D eigenvalue weighted by atomic mass is 19.4. The molecule has 2 aromatic rings. The first-order chi connectivity index (χ1) is 17.4. The minimum atomic E-state index is -4.88. The number of ether oxygens (including phenoxy) is 2. The van der Waals surface area contributed by atoms with Gasteiger partial charge in [-0.2, -0.15) is 22.0 Å². The highest BCUT2D eigenvalue weighted by Crippen LogP contribution is 2.50. The van der Waals surface area contributed by atoms with E-state index in [1.54, 1.807) is 12.1 Å². The number of carbonyl (C=O) groups is 1. The summed E-state index contributed by atoms with van der Waals surface area (Å²) in [6.07, 6.45) is -2.33. The summed E-state index contributed by atoms with van der Waals surface area (Å²) >= 11 is 0. The first-order valence-corrected chi connectivity index (χ1v) is 11.7. The molecular formula is C25H27F6N3O3. The van der Waals surface area contributed by atoms with E-state index in [2.05, 4.69) is 20.3 Å². The predicted molar refractivity (Wildman–Crippen MR) is 124 cm³/mol. The lowest BCUT2D eigenvalue weighted by Crippen LogP contribution is -2.52. The van der Waals surface area contributed by atoms with Crippen LogP contribution < -0.4 is 20.1 Å². The van der Waals surface area contributed by atoms with Gasteiger partial charge in [-0.05, 0) is 69.1 Å². The Kier molecular flexibility index (Phi) is 7.50. The smallest absolute Gasteiger partial charge is 0.419 e. The van der Waals surface area contributed by atoms with Crippen molar-refractivity contribution in [2.75, 3.05) is 26.0 Å². The summed E-state index contributed by atoms with van der Waals surface area (Å²) in [7, 11) is 3.33. The van der Waals surface area contributed by atoms with Gasteiger partial charge in [-0.1, -0.05) is 12.1 Å². The quantitative estimate of drug-likeness (QED) is 0.465. The number of nitrogens with zero attached hydrogens (tertiary/aromatic N) is 1. The van der Waals surface area contributed by atoms with Crippen molar-refractivity contribution in [3.8, 4) is 11.5 Å². The van der Waals surface area contributed by atoms with Gasteiger partial charge in [0, 0.05) is 17.5 Å². The van der Waals surface area contributed by atoms with E-state index in [0.29, 0.717) is 25.3 Å². The summed E-state index contributed by atoms with van der Waals surface area (Å²) < 4.78 is 88.5. The number of urea groups is 1. The molecule has 2 amide bonds. The molecule has 1 aliphatic carbocycles. The maximum atomic E-state index is 14.3. The van der Waals surface area contributed by atoms with Crippen LogP contribution in [0.25, 0.3) is 0 Å². The van der Waals surface area contributed by atoms with Gasteiger partial charge in [0.15, 0.2) is 17.3 Å². The molecule has 1 saturated carbocycles. The Morgan fingerprint density at radius 3 is 2.59 bits per heavy atom. The van der Waals surface area contributed by atoms with E-state index in [1.165, 1.54) is 13.2 Å². The van der Waals surface area contributed by atoms with Gasteiger partial charge in [0.25, 0.3) is 0 Å². The number of halogens is 6. The number of benzene rings is 2. The summed E-state index contributed by atoms with van der Waals surface area (Å²) in [5.74, 6) is -1.41. The zero-order valence-electron chi connectivity index (χ0n) is 20.2. The number of anilines is 1. The first-order valence-electron chi connectivity index (χ1n) is 11.7. The molecule has 0 radical (unpaired) electrons. The number of hydrogen-bond donors (Lipinski definition) is 2. The van der Waals surface area contributed by atoms with Gasteiger partial charge < -0.3 is 25.0 Å². The SMILES string of the molecule is COc1cc(C23CCC(NC(=O)Nc4cccc(C(F)(F)F)c4F)CC2N(C)CC3)ccc1OC(F)F. The third-order valence-corrected chi connectivity index (χ3v) is 7.37. The number of likely N-dealkylation sites (N-methyl/N-ethyl adjacent to an activating group) is 1. The van der Waals surface area contributed by atoms with Crippen LogP contribution in [0.15, 0.2) is 36.4 Å². The minimum absolute atomic E-state index is 0.0107. The van der Waals surface area contributed by atoms with E-state index in [4.69, 9.17) is 4.74 Å². The molecule has 202 valence electrons. The van der Waals surface area contributed by atoms with E-state index in [-0.39, 0.29) is 29.0 Å². The molecule has 0 bridgehead atoms. The molecule has 37 heavy (non-hydrogen) atoms. The van der Waals surface area contributed by atoms with Crippen LogP contribution in [-0.2, 0) is 11.6 Å². The third-order valence-electron chi connectivity index (χ3n) is 7.37. The Bertz CT molecular complexity index is 1150. The molecule has 2 aromatic carbocycles. The third kappa shape index (κ3) is 5.43. The lowest BCUT2D eigenvalue weighted by molar-refractivity contribution is -0.139. The molecule has 4 rings (SSSR count). The predicted octanol–water partition coefficient (Wildman–Crippen LogP) is 5.77. The average Bonchev–Trinajstić information content (AvgIpc) is 3.16.